The van der Waals surface area contributed by atoms with Crippen LogP contribution in [-0.2, 0) is 0 Å². The van der Waals surface area contributed by atoms with E-state index in [-0.39, 0.29) is 0 Å². The lowest BCUT2D eigenvalue weighted by Crippen LogP contribution is -2.47. The van der Waals surface area contributed by atoms with Crippen molar-refractivity contribution in [1.29, 1.82) is 0 Å². The number of benzene rings is 1. The molecule has 2 aromatic rings. The molecule has 3 rings (SSSR count). The van der Waals surface area contributed by atoms with Crippen LogP contribution < -0.4 is 15.1 Å². The topological polar surface area (TPSA) is 47.5 Å². The number of anilines is 3. The zero-order valence-corrected chi connectivity index (χ0v) is 16.4. The maximum atomic E-state index is 4.69. The molecule has 1 aromatic carbocycles. The Balaban J connectivity index is 1.60. The Morgan fingerprint density at radius 3 is 2.50 bits per heavy atom. The molecule has 0 unspecified atom stereocenters. The summed E-state index contributed by atoms with van der Waals surface area (Å²) < 4.78 is 0. The maximum absolute atomic E-state index is 4.69. The average molecular weight is 355 g/mol. The van der Waals surface area contributed by atoms with Crippen molar-refractivity contribution in [1.82, 2.24) is 14.9 Å². The van der Waals surface area contributed by atoms with Crippen molar-refractivity contribution in [3.05, 3.63) is 41.6 Å². The largest absolute Gasteiger partial charge is 0.369 e. The monoisotopic (exact) mass is 354 g/mol. The zero-order chi connectivity index (χ0) is 18.5. The number of aryl methyl sites for hydroxylation is 1. The molecule has 26 heavy (non-hydrogen) atoms. The lowest BCUT2D eigenvalue weighted by molar-refractivity contribution is 0.425. The van der Waals surface area contributed by atoms with Crippen molar-refractivity contribution in [2.24, 2.45) is 0 Å². The summed E-state index contributed by atoms with van der Waals surface area (Å²) >= 11 is 0. The van der Waals surface area contributed by atoms with Gasteiger partial charge in [-0.15, -0.1) is 0 Å². The molecule has 1 N–H and O–H groups in total. The van der Waals surface area contributed by atoms with Crippen molar-refractivity contribution in [3.8, 4) is 0 Å². The summed E-state index contributed by atoms with van der Waals surface area (Å²) in [6, 6.07) is 8.49. The molecule has 6 nitrogen and oxygen atoms in total. The highest BCUT2D eigenvalue weighted by Crippen LogP contribution is 2.24. The first kappa shape index (κ1) is 18.5. The predicted octanol–water partition coefficient (Wildman–Crippen LogP) is 2.39. The molecule has 0 spiro atoms. The quantitative estimate of drug-likeness (QED) is 0.860. The van der Waals surface area contributed by atoms with Crippen LogP contribution in [0.4, 0.5) is 17.5 Å². The van der Waals surface area contributed by atoms with Crippen LogP contribution in [0.5, 0.6) is 0 Å². The van der Waals surface area contributed by atoms with Gasteiger partial charge in [-0.1, -0.05) is 12.1 Å². The van der Waals surface area contributed by atoms with E-state index in [1.807, 2.05) is 12.3 Å². The normalized spacial score (nSPS) is 14.8. The minimum atomic E-state index is 0.820. The molecule has 1 fully saturated rings. The summed E-state index contributed by atoms with van der Waals surface area (Å²) in [4.78, 5) is 16.1. The van der Waals surface area contributed by atoms with Gasteiger partial charge in [-0.3, -0.25) is 0 Å². The summed E-state index contributed by atoms with van der Waals surface area (Å²) in [5.41, 5.74) is 4.08. The third-order valence-corrected chi connectivity index (χ3v) is 4.99. The lowest BCUT2D eigenvalue weighted by Gasteiger charge is -2.37. The van der Waals surface area contributed by atoms with Gasteiger partial charge in [-0.2, -0.15) is 4.98 Å². The van der Waals surface area contributed by atoms with Crippen LogP contribution in [0.15, 0.2) is 30.5 Å². The molecule has 6 heteroatoms. The molecule has 1 aliphatic rings. The fraction of sp³-hybridized carbons (Fsp3) is 0.500. The Hall–Kier alpha value is -2.34. The van der Waals surface area contributed by atoms with Crippen molar-refractivity contribution < 1.29 is 0 Å². The summed E-state index contributed by atoms with van der Waals surface area (Å²) in [7, 11) is 4.14. The van der Waals surface area contributed by atoms with E-state index in [1.165, 1.54) is 16.8 Å². The van der Waals surface area contributed by atoms with Crippen LogP contribution in [0.25, 0.3) is 0 Å². The van der Waals surface area contributed by atoms with Crippen LogP contribution in [-0.4, -0.2) is 68.2 Å². The highest BCUT2D eigenvalue weighted by molar-refractivity contribution is 5.57. The smallest absolute Gasteiger partial charge is 0.227 e. The van der Waals surface area contributed by atoms with E-state index in [4.69, 9.17) is 0 Å². The second-order valence-corrected chi connectivity index (χ2v) is 7.17. The van der Waals surface area contributed by atoms with Gasteiger partial charge in [0.15, 0.2) is 0 Å². The number of rotatable bonds is 6. The predicted molar refractivity (Wildman–Crippen MR) is 109 cm³/mol. The zero-order valence-electron chi connectivity index (χ0n) is 16.4. The minimum absolute atomic E-state index is 0.820. The first-order valence-electron chi connectivity index (χ1n) is 9.32. The molecular weight excluding hydrogens is 324 g/mol. The van der Waals surface area contributed by atoms with Gasteiger partial charge in [0.1, 0.15) is 5.82 Å². The van der Waals surface area contributed by atoms with E-state index >= 15 is 0 Å². The molecule has 0 atom stereocenters. The number of nitrogens with one attached hydrogen (secondary N) is 1. The Bertz CT molecular complexity index is 722. The van der Waals surface area contributed by atoms with Gasteiger partial charge in [0, 0.05) is 51.2 Å². The highest BCUT2D eigenvalue weighted by Gasteiger charge is 2.20. The fourth-order valence-electron chi connectivity index (χ4n) is 3.23. The van der Waals surface area contributed by atoms with E-state index in [2.05, 4.69) is 76.1 Å². The standard InChI is InChI=1S/C20H30N6/c1-16-6-5-7-18(17(16)2)25-12-14-26(15-13-25)20-22-9-8-19(23-20)21-10-11-24(3)4/h5-9H,10-15H2,1-4H3,(H,21,22,23). The van der Waals surface area contributed by atoms with Gasteiger partial charge < -0.3 is 20.0 Å². The SMILES string of the molecule is Cc1cccc(N2CCN(c3nccc(NCCN(C)C)n3)CC2)c1C. The van der Waals surface area contributed by atoms with Crippen LogP contribution in [0.1, 0.15) is 11.1 Å². The third kappa shape index (κ3) is 4.43. The maximum Gasteiger partial charge on any atom is 0.227 e. The Morgan fingerprint density at radius 2 is 1.77 bits per heavy atom. The number of likely N-dealkylation sites (N-methyl/N-ethyl adjacent to an activating group) is 1. The van der Waals surface area contributed by atoms with E-state index < -0.39 is 0 Å². The number of hydrogen-bond donors (Lipinski definition) is 1. The van der Waals surface area contributed by atoms with E-state index in [0.717, 1.165) is 51.0 Å². The van der Waals surface area contributed by atoms with E-state index in [1.54, 1.807) is 0 Å². The molecule has 0 bridgehead atoms. The molecule has 140 valence electrons. The molecule has 1 aromatic heterocycles. The second kappa shape index (κ2) is 8.36. The lowest BCUT2D eigenvalue weighted by atomic mass is 10.1. The number of hydrogen-bond acceptors (Lipinski definition) is 6. The molecule has 0 saturated carbocycles. The molecule has 0 amide bonds. The Labute approximate surface area is 156 Å². The average Bonchev–Trinajstić information content (AvgIpc) is 2.64. The highest BCUT2D eigenvalue weighted by atomic mass is 15.3. The minimum Gasteiger partial charge on any atom is -0.369 e. The van der Waals surface area contributed by atoms with Gasteiger partial charge in [-0.25, -0.2) is 4.98 Å². The Kier molecular flexibility index (Phi) is 5.93. The van der Waals surface area contributed by atoms with E-state index in [0.29, 0.717) is 0 Å². The van der Waals surface area contributed by atoms with Gasteiger partial charge in [0.05, 0.1) is 0 Å². The van der Waals surface area contributed by atoms with Gasteiger partial charge in [-0.05, 0) is 51.2 Å². The summed E-state index contributed by atoms with van der Waals surface area (Å²) in [6.45, 7) is 10.1. The Morgan fingerprint density at radius 1 is 1.04 bits per heavy atom. The molecule has 1 saturated heterocycles. The summed E-state index contributed by atoms with van der Waals surface area (Å²) in [6.07, 6.45) is 1.84. The van der Waals surface area contributed by atoms with Crippen molar-refractivity contribution in [2.75, 3.05) is 68.5 Å². The number of piperazine rings is 1. The van der Waals surface area contributed by atoms with Crippen LogP contribution >= 0.6 is 0 Å². The number of nitrogens with zero attached hydrogens (tertiary/aromatic N) is 5. The van der Waals surface area contributed by atoms with Gasteiger partial charge in [0.25, 0.3) is 0 Å². The number of aromatic nitrogens is 2. The third-order valence-electron chi connectivity index (χ3n) is 4.99. The van der Waals surface area contributed by atoms with Gasteiger partial charge >= 0.3 is 0 Å². The first-order valence-corrected chi connectivity index (χ1v) is 9.32. The fourth-order valence-corrected chi connectivity index (χ4v) is 3.23. The second-order valence-electron chi connectivity index (χ2n) is 7.17. The summed E-state index contributed by atoms with van der Waals surface area (Å²) in [5, 5.41) is 3.37. The molecule has 0 radical (unpaired) electrons. The summed E-state index contributed by atoms with van der Waals surface area (Å²) in [5.74, 6) is 1.72. The van der Waals surface area contributed by atoms with Crippen LogP contribution in [0.2, 0.25) is 0 Å². The van der Waals surface area contributed by atoms with Crippen LogP contribution in [0, 0.1) is 13.8 Å². The van der Waals surface area contributed by atoms with Crippen molar-refractivity contribution >= 4 is 17.5 Å². The molecular formula is C20H30N6. The first-order chi connectivity index (χ1) is 12.5. The molecule has 2 heterocycles. The van der Waals surface area contributed by atoms with Crippen molar-refractivity contribution in [3.63, 3.8) is 0 Å². The van der Waals surface area contributed by atoms with Crippen molar-refractivity contribution in [2.45, 2.75) is 13.8 Å². The van der Waals surface area contributed by atoms with E-state index in [9.17, 15) is 0 Å². The van der Waals surface area contributed by atoms with Gasteiger partial charge in [0.2, 0.25) is 5.95 Å². The molecule has 0 aliphatic carbocycles. The molecule has 1 aliphatic heterocycles. The van der Waals surface area contributed by atoms with Crippen LogP contribution in [0.3, 0.4) is 0 Å².